The Morgan fingerprint density at radius 3 is 2.42 bits per heavy atom. The van der Waals surface area contributed by atoms with Crippen molar-refractivity contribution in [2.24, 2.45) is 0 Å². The van der Waals surface area contributed by atoms with E-state index in [1.54, 1.807) is 23.0 Å². The largest absolute Gasteiger partial charge is 0.439 e. The highest BCUT2D eigenvalue weighted by atomic mass is 32.2. The van der Waals surface area contributed by atoms with E-state index in [9.17, 15) is 17.2 Å². The Hall–Kier alpha value is -3.86. The monoisotopic (exact) mass is 443 g/mol. The number of nitrogens with one attached hydrogen (secondary N) is 1. The Balaban J connectivity index is 1.49. The van der Waals surface area contributed by atoms with Crippen molar-refractivity contribution in [2.45, 2.75) is 11.8 Å². The molecule has 0 radical (unpaired) electrons. The van der Waals surface area contributed by atoms with Crippen LogP contribution in [0.15, 0.2) is 72.1 Å². The van der Waals surface area contributed by atoms with E-state index in [4.69, 9.17) is 4.74 Å². The van der Waals surface area contributed by atoms with Gasteiger partial charge in [0.2, 0.25) is 5.88 Å². The molecule has 0 aliphatic carbocycles. The highest BCUT2D eigenvalue weighted by Gasteiger charge is 2.17. The predicted molar refractivity (Wildman–Crippen MR) is 108 cm³/mol. The lowest BCUT2D eigenvalue weighted by atomic mass is 10.3. The minimum absolute atomic E-state index is 0.217. The molecule has 0 fully saturated rings. The Morgan fingerprint density at radius 2 is 1.74 bits per heavy atom. The van der Waals surface area contributed by atoms with E-state index in [0.717, 1.165) is 18.0 Å². The molecule has 31 heavy (non-hydrogen) atoms. The van der Waals surface area contributed by atoms with Crippen LogP contribution in [0.1, 0.15) is 5.82 Å². The maximum absolute atomic E-state index is 13.3. The molecular weight excluding hydrogens is 428 g/mol. The van der Waals surface area contributed by atoms with Crippen molar-refractivity contribution in [1.82, 2.24) is 19.5 Å². The zero-order valence-electron chi connectivity index (χ0n) is 16.0. The molecule has 2 aromatic heterocycles. The zero-order valence-corrected chi connectivity index (χ0v) is 16.8. The normalized spacial score (nSPS) is 11.3. The smallest absolute Gasteiger partial charge is 0.261 e. The fourth-order valence-corrected chi connectivity index (χ4v) is 3.78. The minimum Gasteiger partial charge on any atom is -0.439 e. The van der Waals surface area contributed by atoms with Gasteiger partial charge in [0, 0.05) is 24.1 Å². The molecule has 2 heterocycles. The number of benzene rings is 2. The number of rotatable bonds is 6. The van der Waals surface area contributed by atoms with Gasteiger partial charge in [0.1, 0.15) is 23.7 Å². The molecule has 0 spiro atoms. The van der Waals surface area contributed by atoms with Crippen molar-refractivity contribution >= 4 is 15.7 Å². The fraction of sp³-hybridized carbons (Fsp3) is 0.0500. The summed E-state index contributed by atoms with van der Waals surface area (Å²) in [6, 6.07) is 9.98. The second kappa shape index (κ2) is 8.11. The molecule has 0 bridgehead atoms. The number of ether oxygens (including phenoxy) is 1. The summed E-state index contributed by atoms with van der Waals surface area (Å²) in [6.07, 6.45) is 4.77. The minimum atomic E-state index is -4.09. The lowest BCUT2D eigenvalue weighted by molar-refractivity contribution is 0.461. The number of aromatic nitrogens is 4. The van der Waals surface area contributed by atoms with Crippen LogP contribution >= 0.6 is 0 Å². The van der Waals surface area contributed by atoms with Gasteiger partial charge in [0.05, 0.1) is 4.90 Å². The average molecular weight is 443 g/mol. The van der Waals surface area contributed by atoms with Crippen molar-refractivity contribution in [3.05, 3.63) is 84.7 Å². The quantitative estimate of drug-likeness (QED) is 0.486. The van der Waals surface area contributed by atoms with Crippen LogP contribution in [0.25, 0.3) is 5.82 Å². The van der Waals surface area contributed by atoms with E-state index in [1.165, 1.54) is 30.6 Å². The third-order valence-corrected chi connectivity index (χ3v) is 5.61. The molecule has 11 heteroatoms. The molecule has 0 amide bonds. The summed E-state index contributed by atoms with van der Waals surface area (Å²) in [4.78, 5) is 12.0. The van der Waals surface area contributed by atoms with Gasteiger partial charge >= 0.3 is 0 Å². The SMILES string of the molecule is Cc1nccn1-c1cc(Oc2ccc(NS(=O)(=O)c3ccc(F)c(F)c3)cc2)ncn1. The summed E-state index contributed by atoms with van der Waals surface area (Å²) >= 11 is 0. The van der Waals surface area contributed by atoms with Crippen LogP contribution in [0.3, 0.4) is 0 Å². The topological polar surface area (TPSA) is 99.0 Å². The number of aryl methyl sites for hydroxylation is 1. The molecule has 0 aliphatic rings. The van der Waals surface area contributed by atoms with Crippen LogP contribution in [-0.4, -0.2) is 27.9 Å². The van der Waals surface area contributed by atoms with Crippen molar-refractivity contribution in [1.29, 1.82) is 0 Å². The number of hydrogen-bond donors (Lipinski definition) is 1. The maximum atomic E-state index is 13.3. The predicted octanol–water partition coefficient (Wildman–Crippen LogP) is 3.84. The molecule has 0 atom stereocenters. The number of anilines is 1. The summed E-state index contributed by atoms with van der Waals surface area (Å²) in [5.74, 6) is -0.354. The number of sulfonamides is 1. The van der Waals surface area contributed by atoms with E-state index >= 15 is 0 Å². The maximum Gasteiger partial charge on any atom is 0.261 e. The van der Waals surface area contributed by atoms with Gasteiger partial charge in [-0.1, -0.05) is 0 Å². The van der Waals surface area contributed by atoms with Gasteiger partial charge in [-0.05, 0) is 49.4 Å². The molecule has 8 nitrogen and oxygen atoms in total. The Morgan fingerprint density at radius 1 is 0.968 bits per heavy atom. The van der Waals surface area contributed by atoms with Gasteiger partial charge in [0.15, 0.2) is 11.6 Å². The Kier molecular flexibility index (Phi) is 5.34. The third kappa shape index (κ3) is 4.51. The van der Waals surface area contributed by atoms with E-state index in [2.05, 4.69) is 19.7 Å². The first-order valence-corrected chi connectivity index (χ1v) is 10.4. The molecule has 0 saturated heterocycles. The summed E-state index contributed by atoms with van der Waals surface area (Å²) in [5.41, 5.74) is 0.217. The molecule has 158 valence electrons. The Labute approximate surface area is 176 Å². The van der Waals surface area contributed by atoms with E-state index in [-0.39, 0.29) is 11.6 Å². The summed E-state index contributed by atoms with van der Waals surface area (Å²) < 4.78 is 60.9. The van der Waals surface area contributed by atoms with Crippen molar-refractivity contribution in [3.8, 4) is 17.4 Å². The van der Waals surface area contributed by atoms with E-state index in [0.29, 0.717) is 17.6 Å². The van der Waals surface area contributed by atoms with Gasteiger partial charge in [-0.25, -0.2) is 32.2 Å². The highest BCUT2D eigenvalue weighted by molar-refractivity contribution is 7.92. The number of nitrogens with zero attached hydrogens (tertiary/aromatic N) is 4. The lowest BCUT2D eigenvalue weighted by Crippen LogP contribution is -2.13. The van der Waals surface area contributed by atoms with E-state index < -0.39 is 26.6 Å². The number of hydrogen-bond acceptors (Lipinski definition) is 6. The van der Waals surface area contributed by atoms with Crippen LogP contribution in [0, 0.1) is 18.6 Å². The fourth-order valence-electron chi connectivity index (χ4n) is 2.71. The second-order valence-corrected chi connectivity index (χ2v) is 8.05. The van der Waals surface area contributed by atoms with E-state index in [1.807, 2.05) is 6.92 Å². The summed E-state index contributed by atoms with van der Waals surface area (Å²) in [7, 11) is -4.09. The van der Waals surface area contributed by atoms with Crippen LogP contribution in [0.4, 0.5) is 14.5 Å². The highest BCUT2D eigenvalue weighted by Crippen LogP contribution is 2.24. The van der Waals surface area contributed by atoms with Crippen LogP contribution < -0.4 is 9.46 Å². The first-order valence-electron chi connectivity index (χ1n) is 8.90. The average Bonchev–Trinajstić information content (AvgIpc) is 3.17. The molecule has 2 aromatic carbocycles. The van der Waals surface area contributed by atoms with Gasteiger partial charge < -0.3 is 4.74 Å². The molecular formula is C20H15F2N5O3S. The molecule has 0 unspecified atom stereocenters. The Bertz CT molecular complexity index is 1340. The van der Waals surface area contributed by atoms with Gasteiger partial charge in [-0.3, -0.25) is 9.29 Å². The molecule has 1 N–H and O–H groups in total. The standard InChI is InChI=1S/C20H15F2N5O3S/c1-13-23-8-9-27(13)19-11-20(25-12-24-19)30-15-4-2-14(3-5-15)26-31(28,29)16-6-7-17(21)18(22)10-16/h2-12,26H,1H3. The van der Waals surface area contributed by atoms with Gasteiger partial charge in [0.25, 0.3) is 10.0 Å². The van der Waals surface area contributed by atoms with Crippen LogP contribution in [-0.2, 0) is 10.0 Å². The van der Waals surface area contributed by atoms with Crippen molar-refractivity contribution in [3.63, 3.8) is 0 Å². The lowest BCUT2D eigenvalue weighted by Gasteiger charge is -2.10. The summed E-state index contributed by atoms with van der Waals surface area (Å²) in [6.45, 7) is 1.84. The first-order chi connectivity index (χ1) is 14.8. The van der Waals surface area contributed by atoms with Crippen molar-refractivity contribution < 1.29 is 21.9 Å². The molecule has 0 aliphatic heterocycles. The van der Waals surface area contributed by atoms with Gasteiger partial charge in [-0.2, -0.15) is 0 Å². The summed E-state index contributed by atoms with van der Waals surface area (Å²) in [5, 5.41) is 0. The number of halogens is 2. The molecule has 4 rings (SSSR count). The van der Waals surface area contributed by atoms with Crippen molar-refractivity contribution in [2.75, 3.05) is 4.72 Å². The first kappa shape index (κ1) is 20.4. The van der Waals surface area contributed by atoms with Crippen LogP contribution in [0.2, 0.25) is 0 Å². The second-order valence-electron chi connectivity index (χ2n) is 6.37. The number of imidazole rings is 1. The molecule has 4 aromatic rings. The van der Waals surface area contributed by atoms with Gasteiger partial charge in [-0.15, -0.1) is 0 Å². The molecule has 0 saturated carbocycles. The zero-order chi connectivity index (χ0) is 22.0. The third-order valence-electron chi connectivity index (χ3n) is 4.23. The van der Waals surface area contributed by atoms with Crippen LogP contribution in [0.5, 0.6) is 11.6 Å².